The average molecular weight is 417 g/mol. The molecule has 2 amide bonds. The zero-order chi connectivity index (χ0) is 21.0. The van der Waals surface area contributed by atoms with Crippen molar-refractivity contribution in [2.24, 2.45) is 5.73 Å². The Morgan fingerprint density at radius 3 is 2.72 bits per heavy atom. The summed E-state index contributed by atoms with van der Waals surface area (Å²) in [5.74, 6) is -0.387. The fourth-order valence-corrected chi connectivity index (χ4v) is 3.05. The number of nitrogens with one attached hydrogen (secondary N) is 1. The van der Waals surface area contributed by atoms with Crippen molar-refractivity contribution < 1.29 is 18.7 Å². The third kappa shape index (κ3) is 4.55. The smallest absolute Gasteiger partial charge is 0.412 e. The number of pyridine rings is 1. The number of hydrogen-bond donors (Lipinski definition) is 2. The molecule has 0 fully saturated rings. The van der Waals surface area contributed by atoms with Gasteiger partial charge in [0, 0.05) is 40.8 Å². The third-order valence-electron chi connectivity index (χ3n) is 4.15. The molecule has 0 unspecified atom stereocenters. The number of ether oxygens (including phenoxy) is 1. The standard InChI is InChI=1S/C20H18ClFN4O3/c1-12-9-24-18(25-20(28)29-7-6-22)8-17(12)26-10-14(15(11-26)19(23)27)13-4-2-3-5-16(13)21/h2-5,8-11H,6-7H2,1H3,(H2,23,27)(H,24,25,28). The molecule has 150 valence electrons. The van der Waals surface area contributed by atoms with Gasteiger partial charge in [0.1, 0.15) is 19.1 Å². The van der Waals surface area contributed by atoms with Crippen molar-refractivity contribution in [3.8, 4) is 16.8 Å². The van der Waals surface area contributed by atoms with Gasteiger partial charge in [-0.3, -0.25) is 10.1 Å². The maximum atomic E-state index is 12.1. The molecule has 2 heterocycles. The molecule has 0 aliphatic carbocycles. The van der Waals surface area contributed by atoms with E-state index in [1.54, 1.807) is 47.4 Å². The van der Waals surface area contributed by atoms with Crippen LogP contribution in [-0.4, -0.2) is 34.8 Å². The summed E-state index contributed by atoms with van der Waals surface area (Å²) in [4.78, 5) is 27.8. The second-order valence-corrected chi connectivity index (χ2v) is 6.55. The van der Waals surface area contributed by atoms with E-state index in [2.05, 4.69) is 15.0 Å². The van der Waals surface area contributed by atoms with Crippen LogP contribution in [0.25, 0.3) is 16.8 Å². The number of aromatic nitrogens is 2. The van der Waals surface area contributed by atoms with E-state index < -0.39 is 18.7 Å². The zero-order valence-electron chi connectivity index (χ0n) is 15.5. The molecule has 2 aromatic heterocycles. The van der Waals surface area contributed by atoms with Gasteiger partial charge < -0.3 is 15.0 Å². The molecule has 0 aliphatic rings. The molecule has 3 N–H and O–H groups in total. The van der Waals surface area contributed by atoms with Gasteiger partial charge in [0.2, 0.25) is 0 Å². The second-order valence-electron chi connectivity index (χ2n) is 6.14. The van der Waals surface area contributed by atoms with Crippen molar-refractivity contribution >= 4 is 29.4 Å². The lowest BCUT2D eigenvalue weighted by Gasteiger charge is -2.10. The first-order valence-electron chi connectivity index (χ1n) is 8.64. The van der Waals surface area contributed by atoms with Crippen LogP contribution >= 0.6 is 11.6 Å². The number of aryl methyl sites for hydroxylation is 1. The van der Waals surface area contributed by atoms with Gasteiger partial charge in [-0.05, 0) is 18.6 Å². The van der Waals surface area contributed by atoms with Gasteiger partial charge in [-0.15, -0.1) is 0 Å². The number of alkyl halides is 1. The van der Waals surface area contributed by atoms with Crippen molar-refractivity contribution in [1.82, 2.24) is 9.55 Å². The molecule has 0 saturated heterocycles. The summed E-state index contributed by atoms with van der Waals surface area (Å²) in [6.45, 7) is 0.710. The van der Waals surface area contributed by atoms with Gasteiger partial charge in [-0.2, -0.15) is 0 Å². The molecular formula is C20H18ClFN4O3. The lowest BCUT2D eigenvalue weighted by atomic mass is 10.0. The van der Waals surface area contributed by atoms with Gasteiger partial charge >= 0.3 is 6.09 Å². The van der Waals surface area contributed by atoms with E-state index in [4.69, 9.17) is 17.3 Å². The van der Waals surface area contributed by atoms with E-state index in [-0.39, 0.29) is 12.4 Å². The summed E-state index contributed by atoms with van der Waals surface area (Å²) in [7, 11) is 0. The molecule has 0 saturated carbocycles. The highest BCUT2D eigenvalue weighted by Gasteiger charge is 2.17. The summed E-state index contributed by atoms with van der Waals surface area (Å²) in [5, 5.41) is 2.92. The van der Waals surface area contributed by atoms with Crippen molar-refractivity contribution in [3.05, 3.63) is 65.1 Å². The van der Waals surface area contributed by atoms with Crippen LogP contribution < -0.4 is 11.1 Å². The third-order valence-corrected chi connectivity index (χ3v) is 4.48. The first-order chi connectivity index (χ1) is 13.9. The number of carbonyl (C=O) groups is 2. The predicted octanol–water partition coefficient (Wildman–Crippen LogP) is 4.12. The number of rotatable bonds is 6. The Bertz CT molecular complexity index is 1070. The maximum Gasteiger partial charge on any atom is 0.412 e. The highest BCUT2D eigenvalue weighted by Crippen LogP contribution is 2.32. The SMILES string of the molecule is Cc1cnc(NC(=O)OCCF)cc1-n1cc(C(N)=O)c(-c2ccccc2Cl)c1. The Hall–Kier alpha value is -3.39. The molecular weight excluding hydrogens is 399 g/mol. The van der Waals surface area contributed by atoms with E-state index in [1.807, 2.05) is 13.0 Å². The molecule has 29 heavy (non-hydrogen) atoms. The average Bonchev–Trinajstić information content (AvgIpc) is 3.13. The maximum absolute atomic E-state index is 12.1. The summed E-state index contributed by atoms with van der Waals surface area (Å²) in [6.07, 6.45) is 4.06. The predicted molar refractivity (Wildman–Crippen MR) is 108 cm³/mol. The zero-order valence-corrected chi connectivity index (χ0v) is 16.2. The van der Waals surface area contributed by atoms with Crippen LogP contribution in [0.4, 0.5) is 15.0 Å². The Labute approximate surface area is 171 Å². The number of hydrogen-bond acceptors (Lipinski definition) is 4. The minimum absolute atomic E-state index is 0.211. The van der Waals surface area contributed by atoms with Crippen molar-refractivity contribution in [2.75, 3.05) is 18.6 Å². The largest absolute Gasteiger partial charge is 0.446 e. The molecule has 0 bridgehead atoms. The van der Waals surface area contributed by atoms with Crippen LogP contribution in [0.2, 0.25) is 5.02 Å². The number of halogens is 2. The monoisotopic (exact) mass is 416 g/mol. The molecule has 3 aromatic rings. The van der Waals surface area contributed by atoms with Gasteiger partial charge in [-0.25, -0.2) is 14.2 Å². The molecule has 0 spiro atoms. The van der Waals surface area contributed by atoms with Gasteiger partial charge in [0.05, 0.1) is 11.3 Å². The highest BCUT2D eigenvalue weighted by atomic mass is 35.5. The van der Waals surface area contributed by atoms with E-state index in [0.717, 1.165) is 5.56 Å². The molecule has 9 heteroatoms. The molecule has 1 aromatic carbocycles. The van der Waals surface area contributed by atoms with Gasteiger partial charge in [0.15, 0.2) is 0 Å². The van der Waals surface area contributed by atoms with Crippen LogP contribution in [0.3, 0.4) is 0 Å². The van der Waals surface area contributed by atoms with Crippen LogP contribution in [0.5, 0.6) is 0 Å². The van der Waals surface area contributed by atoms with Crippen LogP contribution in [-0.2, 0) is 4.74 Å². The van der Waals surface area contributed by atoms with E-state index in [9.17, 15) is 14.0 Å². The Kier molecular flexibility index (Phi) is 6.13. The normalized spacial score (nSPS) is 10.6. The summed E-state index contributed by atoms with van der Waals surface area (Å²) < 4.78 is 18.5. The topological polar surface area (TPSA) is 99.2 Å². The number of amides is 2. The Balaban J connectivity index is 2.02. The molecule has 0 radical (unpaired) electrons. The van der Waals surface area contributed by atoms with Crippen LogP contribution in [0, 0.1) is 6.92 Å². The first-order valence-corrected chi connectivity index (χ1v) is 9.02. The fourth-order valence-electron chi connectivity index (χ4n) is 2.82. The number of primary amides is 1. The number of benzene rings is 1. The number of carbonyl (C=O) groups excluding carboxylic acids is 2. The van der Waals surface area contributed by atoms with Crippen LogP contribution in [0.15, 0.2) is 48.9 Å². The fraction of sp³-hybridized carbons (Fsp3) is 0.150. The minimum Gasteiger partial charge on any atom is -0.446 e. The number of nitrogens with zero attached hydrogens (tertiary/aromatic N) is 2. The lowest BCUT2D eigenvalue weighted by molar-refractivity contribution is 0.100. The molecule has 0 aliphatic heterocycles. The van der Waals surface area contributed by atoms with E-state index in [0.29, 0.717) is 27.4 Å². The van der Waals surface area contributed by atoms with Crippen molar-refractivity contribution in [2.45, 2.75) is 6.92 Å². The highest BCUT2D eigenvalue weighted by molar-refractivity contribution is 6.33. The van der Waals surface area contributed by atoms with Crippen molar-refractivity contribution in [3.63, 3.8) is 0 Å². The summed E-state index contributed by atoms with van der Waals surface area (Å²) in [5.41, 5.74) is 8.54. The number of nitrogens with two attached hydrogens (primary N) is 1. The van der Waals surface area contributed by atoms with Gasteiger partial charge in [-0.1, -0.05) is 29.8 Å². The molecule has 0 atom stereocenters. The lowest BCUT2D eigenvalue weighted by Crippen LogP contribution is -2.16. The minimum atomic E-state index is -0.813. The summed E-state index contributed by atoms with van der Waals surface area (Å²) in [6, 6.07) is 8.72. The van der Waals surface area contributed by atoms with E-state index >= 15 is 0 Å². The van der Waals surface area contributed by atoms with Gasteiger partial charge in [0.25, 0.3) is 5.91 Å². The Morgan fingerprint density at radius 1 is 1.28 bits per heavy atom. The van der Waals surface area contributed by atoms with Crippen molar-refractivity contribution in [1.29, 1.82) is 0 Å². The quantitative estimate of drug-likeness (QED) is 0.631. The number of anilines is 1. The summed E-state index contributed by atoms with van der Waals surface area (Å²) >= 11 is 6.29. The van der Waals surface area contributed by atoms with E-state index in [1.165, 1.54) is 0 Å². The first kappa shape index (κ1) is 20.3. The Morgan fingerprint density at radius 2 is 2.03 bits per heavy atom. The van der Waals surface area contributed by atoms with Crippen LogP contribution in [0.1, 0.15) is 15.9 Å². The second kappa shape index (κ2) is 8.74. The molecule has 3 rings (SSSR count). The molecule has 7 nitrogen and oxygen atoms in total.